The molecule has 2 bridgehead atoms. The van der Waals surface area contributed by atoms with Crippen LogP contribution in [0.2, 0.25) is 0 Å². The van der Waals surface area contributed by atoms with Crippen molar-refractivity contribution in [1.29, 1.82) is 0 Å². The monoisotopic (exact) mass is 212 g/mol. The summed E-state index contributed by atoms with van der Waals surface area (Å²) >= 11 is 0. The first kappa shape index (κ1) is 10.5. The minimum atomic E-state index is -0.242. The average Bonchev–Trinajstić information content (AvgIpc) is 2.60. The first-order valence-electron chi connectivity index (χ1n) is 5.42. The number of hydrogen-bond acceptors (Lipinski definition) is 4. The molecule has 2 aliphatic carbocycles. The third-order valence-electron chi connectivity index (χ3n) is 3.39. The summed E-state index contributed by atoms with van der Waals surface area (Å²) in [5.41, 5.74) is 0. The molecule has 15 heavy (non-hydrogen) atoms. The fourth-order valence-electron chi connectivity index (χ4n) is 2.93. The van der Waals surface area contributed by atoms with Crippen molar-refractivity contribution in [1.82, 2.24) is 0 Å². The van der Waals surface area contributed by atoms with Gasteiger partial charge in [-0.2, -0.15) is 0 Å². The van der Waals surface area contributed by atoms with E-state index < -0.39 is 0 Å². The molecule has 4 nitrogen and oxygen atoms in total. The molecule has 0 spiro atoms. The van der Waals surface area contributed by atoms with Gasteiger partial charge in [0.25, 0.3) is 0 Å². The molecule has 0 aromatic carbocycles. The Kier molecular flexibility index (Phi) is 2.67. The molecule has 0 aromatic rings. The van der Waals surface area contributed by atoms with E-state index in [0.717, 1.165) is 19.3 Å². The van der Waals surface area contributed by atoms with E-state index in [1.807, 2.05) is 0 Å². The molecule has 4 heteroatoms. The van der Waals surface area contributed by atoms with E-state index in [1.165, 1.54) is 13.8 Å². The van der Waals surface area contributed by atoms with Gasteiger partial charge < -0.3 is 9.47 Å². The predicted molar refractivity (Wildman–Crippen MR) is 51.9 cm³/mol. The summed E-state index contributed by atoms with van der Waals surface area (Å²) < 4.78 is 10.5. The molecule has 0 amide bonds. The van der Waals surface area contributed by atoms with Gasteiger partial charge in [-0.3, -0.25) is 9.59 Å². The summed E-state index contributed by atoms with van der Waals surface area (Å²) in [5, 5.41) is 0. The topological polar surface area (TPSA) is 52.6 Å². The number of hydrogen-bond donors (Lipinski definition) is 0. The van der Waals surface area contributed by atoms with E-state index in [1.54, 1.807) is 0 Å². The van der Waals surface area contributed by atoms with Crippen LogP contribution in [0.5, 0.6) is 0 Å². The van der Waals surface area contributed by atoms with E-state index >= 15 is 0 Å². The zero-order valence-electron chi connectivity index (χ0n) is 9.06. The van der Waals surface area contributed by atoms with Gasteiger partial charge in [0.2, 0.25) is 0 Å². The van der Waals surface area contributed by atoms with Gasteiger partial charge in [0.1, 0.15) is 12.2 Å². The lowest BCUT2D eigenvalue weighted by Gasteiger charge is -2.21. The van der Waals surface area contributed by atoms with Crippen molar-refractivity contribution in [3.63, 3.8) is 0 Å². The quantitative estimate of drug-likeness (QED) is 0.647. The molecule has 0 aliphatic heterocycles. The first-order valence-corrected chi connectivity index (χ1v) is 5.42. The predicted octanol–water partition coefficient (Wildman–Crippen LogP) is 1.28. The van der Waals surface area contributed by atoms with Crippen LogP contribution in [-0.2, 0) is 19.1 Å². The summed E-state index contributed by atoms with van der Waals surface area (Å²) in [7, 11) is 0. The molecule has 0 aromatic heterocycles. The van der Waals surface area contributed by atoms with E-state index in [4.69, 9.17) is 9.47 Å². The number of esters is 2. The summed E-state index contributed by atoms with van der Waals surface area (Å²) in [4.78, 5) is 21.8. The number of carbonyl (C=O) groups excluding carboxylic acids is 2. The highest BCUT2D eigenvalue weighted by Gasteiger charge is 2.51. The van der Waals surface area contributed by atoms with Crippen molar-refractivity contribution >= 4 is 11.9 Å². The molecule has 2 fully saturated rings. The molecular weight excluding hydrogens is 196 g/mol. The Bertz CT molecular complexity index is 286. The second kappa shape index (κ2) is 3.83. The lowest BCUT2D eigenvalue weighted by molar-refractivity contribution is -0.152. The van der Waals surface area contributed by atoms with Crippen LogP contribution < -0.4 is 0 Å². The van der Waals surface area contributed by atoms with Crippen LogP contribution in [-0.4, -0.2) is 24.1 Å². The normalized spacial score (nSPS) is 37.7. The van der Waals surface area contributed by atoms with Crippen molar-refractivity contribution in [2.45, 2.75) is 45.3 Å². The number of fused-ring (bicyclic) bond motifs is 2. The fraction of sp³-hybridized carbons (Fsp3) is 0.818. The minimum absolute atomic E-state index is 0.0214. The maximum absolute atomic E-state index is 10.9. The minimum Gasteiger partial charge on any atom is -0.462 e. The molecule has 2 rings (SSSR count). The molecule has 4 atom stereocenters. The van der Waals surface area contributed by atoms with Gasteiger partial charge in [0.05, 0.1) is 0 Å². The maximum atomic E-state index is 10.9. The smallest absolute Gasteiger partial charge is 0.302 e. The van der Waals surface area contributed by atoms with Crippen molar-refractivity contribution in [2.75, 3.05) is 0 Å². The van der Waals surface area contributed by atoms with Crippen LogP contribution >= 0.6 is 0 Å². The Balaban J connectivity index is 1.99. The first-order chi connectivity index (χ1) is 7.08. The van der Waals surface area contributed by atoms with Crippen LogP contribution in [0.15, 0.2) is 0 Å². The highest BCUT2D eigenvalue weighted by molar-refractivity contribution is 5.67. The van der Waals surface area contributed by atoms with Gasteiger partial charge in [-0.25, -0.2) is 0 Å². The van der Waals surface area contributed by atoms with Crippen molar-refractivity contribution in [2.24, 2.45) is 11.8 Å². The SMILES string of the molecule is CC(=O)O[C@H]1[C@H]2CC[C@@H]1[C@@H](OC(C)=O)C2. The molecule has 2 aliphatic rings. The van der Waals surface area contributed by atoms with Gasteiger partial charge in [-0.1, -0.05) is 0 Å². The fourth-order valence-corrected chi connectivity index (χ4v) is 2.93. The molecular formula is C11H16O4. The highest BCUT2D eigenvalue weighted by Crippen LogP contribution is 2.47. The number of carbonyl (C=O) groups is 2. The Morgan fingerprint density at radius 1 is 1.07 bits per heavy atom. The van der Waals surface area contributed by atoms with Crippen LogP contribution in [0.1, 0.15) is 33.1 Å². The van der Waals surface area contributed by atoms with Gasteiger partial charge in [0.15, 0.2) is 0 Å². The zero-order chi connectivity index (χ0) is 11.0. The van der Waals surface area contributed by atoms with Crippen molar-refractivity contribution in [3.05, 3.63) is 0 Å². The van der Waals surface area contributed by atoms with Crippen LogP contribution in [0.4, 0.5) is 0 Å². The molecule has 0 saturated heterocycles. The van der Waals surface area contributed by atoms with Crippen LogP contribution in [0, 0.1) is 11.8 Å². The largest absolute Gasteiger partial charge is 0.462 e. The molecule has 0 N–H and O–H groups in total. The second-order valence-electron chi connectivity index (χ2n) is 4.46. The van der Waals surface area contributed by atoms with Gasteiger partial charge in [-0.15, -0.1) is 0 Å². The average molecular weight is 212 g/mol. The van der Waals surface area contributed by atoms with Gasteiger partial charge in [0, 0.05) is 19.8 Å². The Morgan fingerprint density at radius 2 is 1.73 bits per heavy atom. The summed E-state index contributed by atoms with van der Waals surface area (Å²) in [6.07, 6.45) is 2.88. The van der Waals surface area contributed by atoms with E-state index in [9.17, 15) is 9.59 Å². The van der Waals surface area contributed by atoms with Crippen LogP contribution in [0.3, 0.4) is 0 Å². The number of rotatable bonds is 2. The van der Waals surface area contributed by atoms with Gasteiger partial charge in [-0.05, 0) is 25.2 Å². The Morgan fingerprint density at radius 3 is 2.33 bits per heavy atom. The van der Waals surface area contributed by atoms with E-state index in [-0.39, 0.29) is 30.1 Å². The lowest BCUT2D eigenvalue weighted by Crippen LogP contribution is -2.27. The van der Waals surface area contributed by atoms with Crippen molar-refractivity contribution in [3.8, 4) is 0 Å². The highest BCUT2D eigenvalue weighted by atomic mass is 16.6. The lowest BCUT2D eigenvalue weighted by atomic mass is 9.98. The third-order valence-corrected chi connectivity index (χ3v) is 3.39. The maximum Gasteiger partial charge on any atom is 0.302 e. The molecule has 0 unspecified atom stereocenters. The van der Waals surface area contributed by atoms with Gasteiger partial charge >= 0.3 is 11.9 Å². The van der Waals surface area contributed by atoms with Crippen LogP contribution in [0.25, 0.3) is 0 Å². The summed E-state index contributed by atoms with van der Waals surface area (Å²) in [5.74, 6) is 0.139. The zero-order valence-corrected chi connectivity index (χ0v) is 9.06. The number of ether oxygens (including phenoxy) is 2. The second-order valence-corrected chi connectivity index (χ2v) is 4.46. The Labute approximate surface area is 88.9 Å². The van der Waals surface area contributed by atoms with E-state index in [2.05, 4.69) is 0 Å². The molecule has 0 radical (unpaired) electrons. The summed E-state index contributed by atoms with van der Waals surface area (Å²) in [6, 6.07) is 0. The van der Waals surface area contributed by atoms with Crippen molar-refractivity contribution < 1.29 is 19.1 Å². The summed E-state index contributed by atoms with van der Waals surface area (Å²) in [6.45, 7) is 2.85. The molecule has 84 valence electrons. The van der Waals surface area contributed by atoms with E-state index in [0.29, 0.717) is 5.92 Å². The molecule has 0 heterocycles. The third kappa shape index (κ3) is 1.98. The standard InChI is InChI=1S/C11H16O4/c1-6(12)14-10-5-8-3-4-9(10)11(8)15-7(2)13/h8-11H,3-5H2,1-2H3/t8-,9+,10-,11-/m0/s1. The Hall–Kier alpha value is -1.06. The molecule has 2 saturated carbocycles.